The summed E-state index contributed by atoms with van der Waals surface area (Å²) in [6.07, 6.45) is 1.24. The third-order valence-corrected chi connectivity index (χ3v) is 3.24. The lowest BCUT2D eigenvalue weighted by atomic mass is 10.1. The SMILES string of the molecule is CCC(C)CN(C)CCNc1ccc(Cl)cc1. The zero-order valence-electron chi connectivity index (χ0n) is 11.0. The van der Waals surface area contributed by atoms with Crippen LogP contribution < -0.4 is 5.32 Å². The van der Waals surface area contributed by atoms with E-state index in [0.29, 0.717) is 0 Å². The highest BCUT2D eigenvalue weighted by Crippen LogP contribution is 2.13. The lowest BCUT2D eigenvalue weighted by Gasteiger charge is -2.20. The molecule has 0 aliphatic heterocycles. The molecule has 3 heteroatoms. The fourth-order valence-corrected chi connectivity index (χ4v) is 1.84. The molecule has 0 fully saturated rings. The van der Waals surface area contributed by atoms with E-state index in [0.717, 1.165) is 29.7 Å². The minimum Gasteiger partial charge on any atom is -0.384 e. The van der Waals surface area contributed by atoms with E-state index in [4.69, 9.17) is 11.6 Å². The molecule has 0 heterocycles. The molecule has 1 unspecified atom stereocenters. The molecule has 96 valence electrons. The van der Waals surface area contributed by atoms with E-state index < -0.39 is 0 Å². The van der Waals surface area contributed by atoms with Gasteiger partial charge in [0.05, 0.1) is 0 Å². The maximum absolute atomic E-state index is 5.83. The van der Waals surface area contributed by atoms with E-state index in [1.807, 2.05) is 24.3 Å². The first-order valence-electron chi connectivity index (χ1n) is 6.29. The van der Waals surface area contributed by atoms with E-state index in [2.05, 4.69) is 31.1 Å². The van der Waals surface area contributed by atoms with Crippen LogP contribution in [0.3, 0.4) is 0 Å². The van der Waals surface area contributed by atoms with Crippen molar-refractivity contribution < 1.29 is 0 Å². The fourth-order valence-electron chi connectivity index (χ4n) is 1.71. The molecule has 1 aromatic rings. The van der Waals surface area contributed by atoms with Crippen LogP contribution >= 0.6 is 11.6 Å². The Morgan fingerprint density at radius 2 is 1.94 bits per heavy atom. The van der Waals surface area contributed by atoms with Crippen molar-refractivity contribution >= 4 is 17.3 Å². The standard InChI is InChI=1S/C14H23ClN2/c1-4-12(2)11-17(3)10-9-16-14-7-5-13(15)6-8-14/h5-8,12,16H,4,9-11H2,1-3H3. The Morgan fingerprint density at radius 1 is 1.29 bits per heavy atom. The van der Waals surface area contributed by atoms with Crippen molar-refractivity contribution in [2.45, 2.75) is 20.3 Å². The van der Waals surface area contributed by atoms with Gasteiger partial charge in [0.25, 0.3) is 0 Å². The number of likely N-dealkylation sites (N-methyl/N-ethyl adjacent to an activating group) is 1. The average Bonchev–Trinajstić information content (AvgIpc) is 2.31. The number of benzene rings is 1. The van der Waals surface area contributed by atoms with Crippen molar-refractivity contribution in [3.05, 3.63) is 29.3 Å². The van der Waals surface area contributed by atoms with Crippen LogP contribution in [0, 0.1) is 5.92 Å². The second-order valence-electron chi connectivity index (χ2n) is 4.71. The van der Waals surface area contributed by atoms with E-state index >= 15 is 0 Å². The van der Waals surface area contributed by atoms with Crippen LogP contribution in [0.5, 0.6) is 0 Å². The van der Waals surface area contributed by atoms with Gasteiger partial charge in [0.2, 0.25) is 0 Å². The summed E-state index contributed by atoms with van der Waals surface area (Å²) in [5, 5.41) is 4.18. The number of hydrogen-bond acceptors (Lipinski definition) is 2. The maximum Gasteiger partial charge on any atom is 0.0407 e. The maximum atomic E-state index is 5.83. The second-order valence-corrected chi connectivity index (χ2v) is 5.15. The summed E-state index contributed by atoms with van der Waals surface area (Å²) in [5.74, 6) is 0.774. The summed E-state index contributed by atoms with van der Waals surface area (Å²) in [7, 11) is 2.18. The monoisotopic (exact) mass is 254 g/mol. The number of halogens is 1. The third kappa shape index (κ3) is 5.94. The summed E-state index contributed by atoms with van der Waals surface area (Å²) in [6.45, 7) is 7.73. The van der Waals surface area contributed by atoms with Crippen molar-refractivity contribution in [2.75, 3.05) is 32.0 Å². The second kappa shape index (κ2) is 7.57. The van der Waals surface area contributed by atoms with Gasteiger partial charge in [0.15, 0.2) is 0 Å². The van der Waals surface area contributed by atoms with Gasteiger partial charge in [0.1, 0.15) is 0 Å². The van der Waals surface area contributed by atoms with E-state index in [-0.39, 0.29) is 0 Å². The topological polar surface area (TPSA) is 15.3 Å². The number of rotatable bonds is 7. The van der Waals surface area contributed by atoms with Gasteiger partial charge in [-0.1, -0.05) is 31.9 Å². The molecule has 1 N–H and O–H groups in total. The first kappa shape index (κ1) is 14.3. The van der Waals surface area contributed by atoms with Crippen LogP contribution in [0.1, 0.15) is 20.3 Å². The van der Waals surface area contributed by atoms with Crippen molar-refractivity contribution in [2.24, 2.45) is 5.92 Å². The molecule has 0 saturated heterocycles. The van der Waals surface area contributed by atoms with Crippen LogP contribution in [0.25, 0.3) is 0 Å². The van der Waals surface area contributed by atoms with Crippen molar-refractivity contribution in [3.8, 4) is 0 Å². The zero-order chi connectivity index (χ0) is 12.7. The Morgan fingerprint density at radius 3 is 2.53 bits per heavy atom. The van der Waals surface area contributed by atoms with Crippen LogP contribution in [0.15, 0.2) is 24.3 Å². The normalized spacial score (nSPS) is 12.8. The Bertz CT molecular complexity index is 311. The van der Waals surface area contributed by atoms with Crippen molar-refractivity contribution in [3.63, 3.8) is 0 Å². The zero-order valence-corrected chi connectivity index (χ0v) is 11.8. The highest BCUT2D eigenvalue weighted by Gasteiger charge is 2.03. The molecule has 1 atom stereocenters. The Balaban J connectivity index is 2.21. The fraction of sp³-hybridized carbons (Fsp3) is 0.571. The summed E-state index contributed by atoms with van der Waals surface area (Å²) in [5.41, 5.74) is 1.13. The minimum atomic E-state index is 0.774. The summed E-state index contributed by atoms with van der Waals surface area (Å²) in [4.78, 5) is 2.37. The van der Waals surface area contributed by atoms with Gasteiger partial charge in [-0.25, -0.2) is 0 Å². The minimum absolute atomic E-state index is 0.774. The molecule has 0 aliphatic rings. The molecule has 1 aromatic carbocycles. The number of nitrogens with one attached hydrogen (secondary N) is 1. The molecular formula is C14H23ClN2. The largest absolute Gasteiger partial charge is 0.384 e. The Labute approximate surface area is 110 Å². The smallest absolute Gasteiger partial charge is 0.0407 e. The predicted octanol–water partition coefficient (Wildman–Crippen LogP) is 3.73. The number of anilines is 1. The van der Waals surface area contributed by atoms with Crippen LogP contribution in [0.2, 0.25) is 5.02 Å². The summed E-state index contributed by atoms with van der Waals surface area (Å²) < 4.78 is 0. The lowest BCUT2D eigenvalue weighted by Crippen LogP contribution is -2.29. The first-order valence-corrected chi connectivity index (χ1v) is 6.67. The van der Waals surface area contributed by atoms with Crippen LogP contribution in [-0.2, 0) is 0 Å². The van der Waals surface area contributed by atoms with E-state index in [1.165, 1.54) is 13.0 Å². The first-order chi connectivity index (χ1) is 8.11. The number of nitrogens with zero attached hydrogens (tertiary/aromatic N) is 1. The summed E-state index contributed by atoms with van der Waals surface area (Å²) >= 11 is 5.83. The molecule has 0 spiro atoms. The van der Waals surface area contributed by atoms with Gasteiger partial charge in [-0.15, -0.1) is 0 Å². The molecule has 0 aromatic heterocycles. The van der Waals surface area contributed by atoms with Gasteiger partial charge in [0, 0.05) is 30.3 Å². The molecule has 0 radical (unpaired) electrons. The molecule has 0 amide bonds. The van der Waals surface area contributed by atoms with E-state index in [1.54, 1.807) is 0 Å². The average molecular weight is 255 g/mol. The van der Waals surface area contributed by atoms with Gasteiger partial charge < -0.3 is 10.2 Å². The van der Waals surface area contributed by atoms with Crippen molar-refractivity contribution in [1.82, 2.24) is 4.90 Å². The van der Waals surface area contributed by atoms with Crippen molar-refractivity contribution in [1.29, 1.82) is 0 Å². The molecule has 0 aliphatic carbocycles. The lowest BCUT2D eigenvalue weighted by molar-refractivity contribution is 0.291. The van der Waals surface area contributed by atoms with E-state index in [9.17, 15) is 0 Å². The summed E-state index contributed by atoms with van der Waals surface area (Å²) in [6, 6.07) is 7.84. The highest BCUT2D eigenvalue weighted by molar-refractivity contribution is 6.30. The quantitative estimate of drug-likeness (QED) is 0.798. The molecule has 0 bridgehead atoms. The highest BCUT2D eigenvalue weighted by atomic mass is 35.5. The van der Waals surface area contributed by atoms with Gasteiger partial charge in [-0.05, 0) is 37.2 Å². The molecule has 2 nitrogen and oxygen atoms in total. The van der Waals surface area contributed by atoms with Gasteiger partial charge in [-0.2, -0.15) is 0 Å². The van der Waals surface area contributed by atoms with Crippen LogP contribution in [0.4, 0.5) is 5.69 Å². The molecule has 1 rings (SSSR count). The van der Waals surface area contributed by atoms with Gasteiger partial charge >= 0.3 is 0 Å². The number of hydrogen-bond donors (Lipinski definition) is 1. The predicted molar refractivity (Wildman–Crippen MR) is 76.9 cm³/mol. The molecule has 17 heavy (non-hydrogen) atoms. The third-order valence-electron chi connectivity index (χ3n) is 2.99. The molecular weight excluding hydrogens is 232 g/mol. The Kier molecular flexibility index (Phi) is 6.38. The van der Waals surface area contributed by atoms with Gasteiger partial charge in [-0.3, -0.25) is 0 Å². The Hall–Kier alpha value is -0.730. The molecule has 0 saturated carbocycles. The van der Waals surface area contributed by atoms with Crippen LogP contribution in [-0.4, -0.2) is 31.6 Å².